The lowest BCUT2D eigenvalue weighted by Gasteiger charge is -2.12. The molecule has 4 rings (SSSR count). The molecule has 9 heteroatoms. The second-order valence-electron chi connectivity index (χ2n) is 6.31. The lowest BCUT2D eigenvalue weighted by Crippen LogP contribution is -2.14. The summed E-state index contributed by atoms with van der Waals surface area (Å²) in [5.74, 6) is -0.119. The van der Waals surface area contributed by atoms with Gasteiger partial charge in [-0.2, -0.15) is 18.3 Å². The molecule has 146 valence electrons. The van der Waals surface area contributed by atoms with Gasteiger partial charge in [0.2, 0.25) is 0 Å². The van der Waals surface area contributed by atoms with E-state index in [4.69, 9.17) is 0 Å². The maximum atomic E-state index is 13.4. The van der Waals surface area contributed by atoms with Gasteiger partial charge in [0.1, 0.15) is 11.4 Å². The third-order valence-electron chi connectivity index (χ3n) is 4.36. The quantitative estimate of drug-likeness (QED) is 0.557. The first-order chi connectivity index (χ1) is 13.8. The Balaban J connectivity index is 1.77. The van der Waals surface area contributed by atoms with Crippen LogP contribution in [0.1, 0.15) is 21.5 Å². The highest BCUT2D eigenvalue weighted by atomic mass is 19.4. The van der Waals surface area contributed by atoms with Crippen molar-refractivity contribution in [3.8, 4) is 11.3 Å². The number of aromatic nitrogens is 4. The normalized spacial score (nSPS) is 11.6. The summed E-state index contributed by atoms with van der Waals surface area (Å²) in [4.78, 5) is 21.1. The van der Waals surface area contributed by atoms with Gasteiger partial charge in [-0.15, -0.1) is 0 Å². The number of carbonyl (C=O) groups is 1. The number of halogens is 3. The first kappa shape index (κ1) is 18.6. The minimum atomic E-state index is -4.53. The van der Waals surface area contributed by atoms with Crippen LogP contribution in [0.2, 0.25) is 0 Å². The molecule has 0 saturated heterocycles. The number of rotatable bonds is 3. The van der Waals surface area contributed by atoms with Gasteiger partial charge in [0.25, 0.3) is 5.91 Å². The van der Waals surface area contributed by atoms with Gasteiger partial charge in [0, 0.05) is 18.0 Å². The van der Waals surface area contributed by atoms with Gasteiger partial charge in [-0.05, 0) is 30.7 Å². The Morgan fingerprint density at radius 1 is 1.10 bits per heavy atom. The summed E-state index contributed by atoms with van der Waals surface area (Å²) in [6.45, 7) is 1.79. The van der Waals surface area contributed by atoms with E-state index in [-0.39, 0.29) is 22.5 Å². The molecule has 1 N–H and O–H groups in total. The number of aryl methyl sites for hydroxylation is 1. The Morgan fingerprint density at radius 3 is 2.66 bits per heavy atom. The number of nitrogens with zero attached hydrogens (tertiary/aromatic N) is 4. The standard InChI is InChI=1S/C20H14F3N5O/c1-12-5-4-9-24-17(12)27-19(29)14-11-25-28-10-8-16(26-18(14)28)13-6-2-3-7-15(13)20(21,22)23/h2-11H,1H3,(H,24,27,29). The fourth-order valence-electron chi connectivity index (χ4n) is 2.92. The van der Waals surface area contributed by atoms with E-state index in [1.807, 2.05) is 0 Å². The van der Waals surface area contributed by atoms with Crippen LogP contribution >= 0.6 is 0 Å². The molecule has 4 aromatic rings. The van der Waals surface area contributed by atoms with Crippen LogP contribution in [0.15, 0.2) is 61.1 Å². The lowest BCUT2D eigenvalue weighted by molar-refractivity contribution is -0.137. The smallest absolute Gasteiger partial charge is 0.306 e. The van der Waals surface area contributed by atoms with E-state index in [9.17, 15) is 18.0 Å². The number of pyridine rings is 1. The summed E-state index contributed by atoms with van der Waals surface area (Å²) in [7, 11) is 0. The summed E-state index contributed by atoms with van der Waals surface area (Å²) in [6.07, 6.45) is -0.201. The zero-order valence-corrected chi connectivity index (χ0v) is 15.1. The second kappa shape index (κ2) is 7.01. The number of nitrogens with one attached hydrogen (secondary N) is 1. The molecule has 0 saturated carbocycles. The summed E-state index contributed by atoms with van der Waals surface area (Å²) < 4.78 is 41.4. The number of amides is 1. The van der Waals surface area contributed by atoms with Crippen molar-refractivity contribution in [3.63, 3.8) is 0 Å². The van der Waals surface area contributed by atoms with Gasteiger partial charge in [-0.1, -0.05) is 24.3 Å². The molecule has 29 heavy (non-hydrogen) atoms. The largest absolute Gasteiger partial charge is 0.417 e. The van der Waals surface area contributed by atoms with Crippen molar-refractivity contribution < 1.29 is 18.0 Å². The number of hydrogen-bond donors (Lipinski definition) is 1. The van der Waals surface area contributed by atoms with Crippen LogP contribution in [-0.2, 0) is 6.18 Å². The van der Waals surface area contributed by atoms with Crippen molar-refractivity contribution in [1.29, 1.82) is 0 Å². The first-order valence-electron chi connectivity index (χ1n) is 8.58. The molecule has 3 heterocycles. The van der Waals surface area contributed by atoms with Crippen molar-refractivity contribution in [2.45, 2.75) is 13.1 Å². The molecule has 0 aliphatic carbocycles. The Kier molecular flexibility index (Phi) is 4.50. The van der Waals surface area contributed by atoms with E-state index in [1.165, 1.54) is 41.2 Å². The second-order valence-corrected chi connectivity index (χ2v) is 6.31. The van der Waals surface area contributed by atoms with Crippen LogP contribution in [0.25, 0.3) is 16.9 Å². The Hall–Kier alpha value is -3.75. The molecule has 1 amide bonds. The monoisotopic (exact) mass is 397 g/mol. The number of hydrogen-bond acceptors (Lipinski definition) is 4. The highest BCUT2D eigenvalue weighted by Gasteiger charge is 2.33. The van der Waals surface area contributed by atoms with E-state index in [0.29, 0.717) is 5.82 Å². The highest BCUT2D eigenvalue weighted by molar-refractivity contribution is 6.08. The van der Waals surface area contributed by atoms with Gasteiger partial charge in [-0.25, -0.2) is 14.5 Å². The molecule has 0 radical (unpaired) electrons. The number of fused-ring (bicyclic) bond motifs is 1. The maximum absolute atomic E-state index is 13.4. The highest BCUT2D eigenvalue weighted by Crippen LogP contribution is 2.36. The molecular formula is C20H14F3N5O. The Bertz CT molecular complexity index is 1220. The molecular weight excluding hydrogens is 383 g/mol. The molecule has 0 aliphatic heterocycles. The van der Waals surface area contributed by atoms with Crippen molar-refractivity contribution in [2.24, 2.45) is 0 Å². The molecule has 0 atom stereocenters. The summed E-state index contributed by atoms with van der Waals surface area (Å²) >= 11 is 0. The van der Waals surface area contributed by atoms with Crippen molar-refractivity contribution in [1.82, 2.24) is 19.6 Å². The molecule has 0 unspecified atom stereocenters. The van der Waals surface area contributed by atoms with Crippen LogP contribution < -0.4 is 5.32 Å². The van der Waals surface area contributed by atoms with Crippen LogP contribution in [0.5, 0.6) is 0 Å². The van der Waals surface area contributed by atoms with Crippen molar-refractivity contribution in [2.75, 3.05) is 5.32 Å². The minimum absolute atomic E-state index is 0.0735. The maximum Gasteiger partial charge on any atom is 0.417 e. The number of alkyl halides is 3. The third-order valence-corrected chi connectivity index (χ3v) is 4.36. The molecule has 1 aromatic carbocycles. The van der Waals surface area contributed by atoms with Crippen molar-refractivity contribution >= 4 is 17.4 Å². The van der Waals surface area contributed by atoms with Gasteiger partial charge in [0.15, 0.2) is 5.65 Å². The molecule has 3 aromatic heterocycles. The SMILES string of the molecule is Cc1cccnc1NC(=O)c1cnn2ccc(-c3ccccc3C(F)(F)F)nc12. The number of anilines is 1. The predicted octanol–water partition coefficient (Wildman–Crippen LogP) is 4.37. The van der Waals surface area contributed by atoms with E-state index in [2.05, 4.69) is 20.4 Å². The minimum Gasteiger partial charge on any atom is -0.306 e. The average molecular weight is 397 g/mol. The predicted molar refractivity (Wildman–Crippen MR) is 100 cm³/mol. The van der Waals surface area contributed by atoms with Gasteiger partial charge >= 0.3 is 6.18 Å². The van der Waals surface area contributed by atoms with Crippen molar-refractivity contribution in [3.05, 3.63) is 77.7 Å². The summed E-state index contributed by atoms with van der Waals surface area (Å²) in [5, 5.41) is 6.74. The van der Waals surface area contributed by atoms with Crippen LogP contribution in [0.3, 0.4) is 0 Å². The Morgan fingerprint density at radius 2 is 1.90 bits per heavy atom. The van der Waals surface area contributed by atoms with E-state index < -0.39 is 17.6 Å². The van der Waals surface area contributed by atoms with E-state index in [1.54, 1.807) is 25.3 Å². The third kappa shape index (κ3) is 3.54. The molecule has 0 fully saturated rings. The fourth-order valence-corrected chi connectivity index (χ4v) is 2.92. The van der Waals surface area contributed by atoms with Gasteiger partial charge in [-0.3, -0.25) is 4.79 Å². The van der Waals surface area contributed by atoms with Crippen LogP contribution in [-0.4, -0.2) is 25.5 Å². The van der Waals surface area contributed by atoms with Crippen LogP contribution in [0.4, 0.5) is 19.0 Å². The average Bonchev–Trinajstić information content (AvgIpc) is 3.12. The lowest BCUT2D eigenvalue weighted by atomic mass is 10.0. The topological polar surface area (TPSA) is 72.2 Å². The molecule has 0 aliphatic rings. The number of carbonyl (C=O) groups excluding carboxylic acids is 1. The molecule has 0 bridgehead atoms. The zero-order valence-electron chi connectivity index (χ0n) is 15.1. The van der Waals surface area contributed by atoms with E-state index >= 15 is 0 Å². The first-order valence-corrected chi connectivity index (χ1v) is 8.58. The fraction of sp³-hybridized carbons (Fsp3) is 0.100. The van der Waals surface area contributed by atoms with E-state index in [0.717, 1.165) is 11.6 Å². The molecule has 0 spiro atoms. The molecule has 6 nitrogen and oxygen atoms in total. The van der Waals surface area contributed by atoms with Gasteiger partial charge < -0.3 is 5.32 Å². The Labute approximate surface area is 163 Å². The number of benzene rings is 1. The van der Waals surface area contributed by atoms with Crippen LogP contribution in [0, 0.1) is 6.92 Å². The summed E-state index contributed by atoms with van der Waals surface area (Å²) in [6, 6.07) is 10.1. The zero-order chi connectivity index (χ0) is 20.6. The van der Waals surface area contributed by atoms with Gasteiger partial charge in [0.05, 0.1) is 17.5 Å². The summed E-state index contributed by atoms with van der Waals surface area (Å²) in [5.41, 5.74) is 0.258.